The molecule has 1 unspecified atom stereocenters. The lowest BCUT2D eigenvalue weighted by atomic mass is 10.1. The summed E-state index contributed by atoms with van der Waals surface area (Å²) in [4.78, 5) is 0. The second kappa shape index (κ2) is 6.05. The molecule has 19 heavy (non-hydrogen) atoms. The highest BCUT2D eigenvalue weighted by molar-refractivity contribution is 7.91. The molecule has 0 bridgehead atoms. The van der Waals surface area contributed by atoms with Crippen LogP contribution >= 0.6 is 22.9 Å². The van der Waals surface area contributed by atoms with Crippen LogP contribution in [0.5, 0.6) is 0 Å². The fraction of sp³-hybridized carbons (Fsp3) is 0.231. The van der Waals surface area contributed by atoms with Crippen molar-refractivity contribution in [3.63, 3.8) is 0 Å². The molecule has 0 fully saturated rings. The van der Waals surface area contributed by atoms with Gasteiger partial charge >= 0.3 is 0 Å². The van der Waals surface area contributed by atoms with E-state index in [9.17, 15) is 8.42 Å². The molecule has 0 radical (unpaired) electrons. The lowest BCUT2D eigenvalue weighted by Gasteiger charge is -2.17. The molecule has 0 aliphatic heterocycles. The second-order valence-electron chi connectivity index (χ2n) is 4.07. The van der Waals surface area contributed by atoms with Gasteiger partial charge in [0, 0.05) is 11.1 Å². The Morgan fingerprint density at radius 3 is 2.47 bits per heavy atom. The van der Waals surface area contributed by atoms with E-state index < -0.39 is 10.0 Å². The van der Waals surface area contributed by atoms with Crippen molar-refractivity contribution in [1.29, 1.82) is 0 Å². The van der Waals surface area contributed by atoms with Crippen LogP contribution in [0, 0.1) is 0 Å². The number of hydrogen-bond donors (Lipinski definition) is 1. The number of nitrogens with one attached hydrogen (secondary N) is 1. The first-order chi connectivity index (χ1) is 9.03. The summed E-state index contributed by atoms with van der Waals surface area (Å²) in [7, 11) is -3.45. The average molecular weight is 316 g/mol. The molecule has 2 rings (SSSR count). The van der Waals surface area contributed by atoms with Gasteiger partial charge in [-0.15, -0.1) is 11.3 Å². The van der Waals surface area contributed by atoms with Gasteiger partial charge in [0.2, 0.25) is 0 Å². The van der Waals surface area contributed by atoms with Crippen molar-refractivity contribution in [2.24, 2.45) is 0 Å². The molecule has 1 N–H and O–H groups in total. The predicted octanol–water partition coefficient (Wildman–Crippen LogP) is 3.83. The predicted molar refractivity (Wildman–Crippen MR) is 79.1 cm³/mol. The van der Waals surface area contributed by atoms with E-state index in [2.05, 4.69) is 4.72 Å². The first-order valence-electron chi connectivity index (χ1n) is 5.84. The summed E-state index contributed by atoms with van der Waals surface area (Å²) in [5, 5.41) is 2.39. The van der Waals surface area contributed by atoms with Crippen molar-refractivity contribution < 1.29 is 8.42 Å². The third-order valence-corrected chi connectivity index (χ3v) is 5.86. The molecule has 6 heteroatoms. The lowest BCUT2D eigenvalue weighted by Crippen LogP contribution is -2.27. The molecule has 0 saturated heterocycles. The Hall–Kier alpha value is -0.880. The van der Waals surface area contributed by atoms with Crippen LogP contribution in [-0.4, -0.2) is 8.42 Å². The van der Waals surface area contributed by atoms with Crippen LogP contribution in [0.3, 0.4) is 0 Å². The summed E-state index contributed by atoms with van der Waals surface area (Å²) in [6.45, 7) is 1.94. The van der Waals surface area contributed by atoms with Crippen LogP contribution in [0.2, 0.25) is 5.02 Å². The minimum atomic E-state index is -3.45. The van der Waals surface area contributed by atoms with Crippen LogP contribution in [-0.2, 0) is 10.0 Å². The maximum atomic E-state index is 12.2. The quantitative estimate of drug-likeness (QED) is 0.911. The van der Waals surface area contributed by atoms with Crippen LogP contribution in [0.25, 0.3) is 0 Å². The van der Waals surface area contributed by atoms with Crippen molar-refractivity contribution in [2.75, 3.05) is 0 Å². The third-order valence-electron chi connectivity index (χ3n) is 2.74. The van der Waals surface area contributed by atoms with E-state index in [0.717, 1.165) is 5.56 Å². The fourth-order valence-corrected chi connectivity index (χ4v) is 4.19. The Kier molecular flexibility index (Phi) is 4.62. The van der Waals surface area contributed by atoms with Gasteiger partial charge in [0.05, 0.1) is 0 Å². The molecule has 2 aromatic rings. The molecule has 1 heterocycles. The SMILES string of the molecule is CCC(NS(=O)(=O)c1cccs1)c1ccc(Cl)cc1. The van der Waals surface area contributed by atoms with Gasteiger partial charge in [-0.2, -0.15) is 0 Å². The molecule has 0 aliphatic rings. The van der Waals surface area contributed by atoms with Gasteiger partial charge in [-0.1, -0.05) is 36.7 Å². The summed E-state index contributed by atoms with van der Waals surface area (Å²) in [6, 6.07) is 10.3. The summed E-state index contributed by atoms with van der Waals surface area (Å²) < 4.78 is 27.4. The van der Waals surface area contributed by atoms with Gasteiger partial charge in [-0.05, 0) is 35.6 Å². The van der Waals surface area contributed by atoms with Gasteiger partial charge < -0.3 is 0 Å². The number of benzene rings is 1. The van der Waals surface area contributed by atoms with Crippen molar-refractivity contribution in [3.05, 3.63) is 52.4 Å². The number of hydrogen-bond acceptors (Lipinski definition) is 3. The minimum absolute atomic E-state index is 0.246. The van der Waals surface area contributed by atoms with Crippen LogP contribution in [0.1, 0.15) is 24.9 Å². The zero-order valence-corrected chi connectivity index (χ0v) is 12.7. The van der Waals surface area contributed by atoms with E-state index in [1.807, 2.05) is 19.1 Å². The Balaban J connectivity index is 2.22. The monoisotopic (exact) mass is 315 g/mol. The second-order valence-corrected chi connectivity index (χ2v) is 7.39. The molecular weight excluding hydrogens is 302 g/mol. The Morgan fingerprint density at radius 2 is 1.95 bits per heavy atom. The maximum absolute atomic E-state index is 12.2. The molecule has 0 saturated carbocycles. The molecule has 102 valence electrons. The molecule has 0 amide bonds. The molecule has 0 aliphatic carbocycles. The zero-order chi connectivity index (χ0) is 13.9. The number of thiophene rings is 1. The molecule has 1 aromatic carbocycles. The Labute approximate surface area is 122 Å². The maximum Gasteiger partial charge on any atom is 0.250 e. The highest BCUT2D eigenvalue weighted by Crippen LogP contribution is 2.23. The minimum Gasteiger partial charge on any atom is -0.206 e. The van der Waals surface area contributed by atoms with Gasteiger partial charge in [-0.25, -0.2) is 13.1 Å². The average Bonchev–Trinajstić information content (AvgIpc) is 2.92. The van der Waals surface area contributed by atoms with E-state index in [4.69, 9.17) is 11.6 Å². The molecule has 3 nitrogen and oxygen atoms in total. The molecular formula is C13H14ClNO2S2. The highest BCUT2D eigenvalue weighted by Gasteiger charge is 2.20. The molecule has 0 spiro atoms. The Morgan fingerprint density at radius 1 is 1.26 bits per heavy atom. The summed E-state index contributed by atoms with van der Waals surface area (Å²) in [6.07, 6.45) is 0.673. The van der Waals surface area contributed by atoms with Gasteiger partial charge in [0.15, 0.2) is 0 Å². The van der Waals surface area contributed by atoms with Crippen molar-refractivity contribution in [1.82, 2.24) is 4.72 Å². The molecule has 1 aromatic heterocycles. The van der Waals surface area contributed by atoms with Crippen LogP contribution < -0.4 is 4.72 Å². The smallest absolute Gasteiger partial charge is 0.206 e. The van der Waals surface area contributed by atoms with E-state index in [-0.39, 0.29) is 6.04 Å². The van der Waals surface area contributed by atoms with E-state index in [1.165, 1.54) is 11.3 Å². The van der Waals surface area contributed by atoms with Crippen LogP contribution in [0.4, 0.5) is 0 Å². The highest BCUT2D eigenvalue weighted by atomic mass is 35.5. The van der Waals surface area contributed by atoms with Crippen LogP contribution in [0.15, 0.2) is 46.0 Å². The van der Waals surface area contributed by atoms with E-state index in [1.54, 1.807) is 29.6 Å². The summed E-state index contributed by atoms with van der Waals surface area (Å²) >= 11 is 7.05. The third kappa shape index (κ3) is 3.57. The summed E-state index contributed by atoms with van der Waals surface area (Å²) in [5.41, 5.74) is 0.909. The number of rotatable bonds is 5. The van der Waals surface area contributed by atoms with Crippen molar-refractivity contribution in [3.8, 4) is 0 Å². The molecule has 1 atom stereocenters. The van der Waals surface area contributed by atoms with Gasteiger partial charge in [0.1, 0.15) is 4.21 Å². The van der Waals surface area contributed by atoms with E-state index in [0.29, 0.717) is 15.7 Å². The van der Waals surface area contributed by atoms with Gasteiger partial charge in [-0.3, -0.25) is 0 Å². The topological polar surface area (TPSA) is 46.2 Å². The number of sulfonamides is 1. The lowest BCUT2D eigenvalue weighted by molar-refractivity contribution is 0.552. The summed E-state index contributed by atoms with van der Waals surface area (Å²) in [5.74, 6) is 0. The number of halogens is 1. The first kappa shape index (κ1) is 14.5. The van der Waals surface area contributed by atoms with E-state index >= 15 is 0 Å². The largest absolute Gasteiger partial charge is 0.250 e. The zero-order valence-electron chi connectivity index (χ0n) is 10.3. The normalized spacial score (nSPS) is 13.4. The van der Waals surface area contributed by atoms with Crippen molar-refractivity contribution >= 4 is 33.0 Å². The standard InChI is InChI=1S/C13H14ClNO2S2/c1-2-12(10-5-7-11(14)8-6-10)15-19(16,17)13-4-3-9-18-13/h3-9,12,15H,2H2,1H3. The Bertz CT molecular complexity index is 621. The fourth-order valence-electron chi connectivity index (χ4n) is 1.74. The first-order valence-corrected chi connectivity index (χ1v) is 8.58. The van der Waals surface area contributed by atoms with Crippen molar-refractivity contribution in [2.45, 2.75) is 23.6 Å². The van der Waals surface area contributed by atoms with Gasteiger partial charge in [0.25, 0.3) is 10.0 Å².